The van der Waals surface area contributed by atoms with E-state index in [0.717, 1.165) is 79.6 Å². The number of aryl methyl sites for hydroxylation is 1. The van der Waals surface area contributed by atoms with E-state index in [2.05, 4.69) is 63.0 Å². The molecule has 2 aromatic rings. The highest BCUT2D eigenvalue weighted by molar-refractivity contribution is 6.48. The van der Waals surface area contributed by atoms with Crippen molar-refractivity contribution in [2.24, 2.45) is 16.7 Å². The molecular weight excluding hydrogens is 560 g/mol. The predicted molar refractivity (Wildman–Crippen MR) is 172 cm³/mol. The van der Waals surface area contributed by atoms with E-state index in [1.54, 1.807) is 7.11 Å². The lowest BCUT2D eigenvalue weighted by molar-refractivity contribution is 0.0181. The van der Waals surface area contributed by atoms with E-state index in [4.69, 9.17) is 23.2 Å². The third-order valence-electron chi connectivity index (χ3n) is 8.15. The average Bonchev–Trinajstić information content (AvgIpc) is 3.57. The van der Waals surface area contributed by atoms with Crippen molar-refractivity contribution in [1.29, 1.82) is 0 Å². The third kappa shape index (κ3) is 8.99. The lowest BCUT2D eigenvalue weighted by Gasteiger charge is -2.34. The normalized spacial score (nSPS) is 18.0. The summed E-state index contributed by atoms with van der Waals surface area (Å²) in [5, 5.41) is 5.61. The molecule has 2 fully saturated rings. The molecule has 1 atom stereocenters. The number of benzene rings is 1. The second-order valence-electron chi connectivity index (χ2n) is 14.7. The van der Waals surface area contributed by atoms with Gasteiger partial charge in [-0.1, -0.05) is 37.8 Å². The van der Waals surface area contributed by atoms with Crippen molar-refractivity contribution in [2.45, 2.75) is 105 Å². The molecule has 1 aromatic carbocycles. The standard InChI is InChI=1S/C34H52N2O6Si/c1-32(2,3)30(42-43(8)9)28-27(39-23-34(18-19-34)17-10-22-38-7)14-12-25-26(35-41-29(25)28)13-11-24-15-20-36(21-16-24)31(37)40-33(4,5)6/h12,14,24,30,43H,11,13,15-16,18-23H2,1-9H3. The molecule has 2 heterocycles. The molecule has 4 rings (SSSR count). The molecule has 1 aliphatic carbocycles. The summed E-state index contributed by atoms with van der Waals surface area (Å²) in [4.78, 5) is 14.3. The highest BCUT2D eigenvalue weighted by Gasteiger charge is 2.43. The Morgan fingerprint density at radius 2 is 1.86 bits per heavy atom. The number of methoxy groups -OCH3 is 1. The van der Waals surface area contributed by atoms with Crippen molar-refractivity contribution in [1.82, 2.24) is 10.1 Å². The number of hydrogen-bond acceptors (Lipinski definition) is 7. The largest absolute Gasteiger partial charge is 0.491 e. The Morgan fingerprint density at radius 3 is 2.44 bits per heavy atom. The minimum atomic E-state index is -1.40. The first kappa shape index (κ1) is 33.4. The van der Waals surface area contributed by atoms with E-state index in [-0.39, 0.29) is 23.0 Å². The van der Waals surface area contributed by atoms with E-state index in [9.17, 15) is 4.79 Å². The fraction of sp³-hybridized carbons (Fsp3) is 0.706. The molecule has 0 spiro atoms. The van der Waals surface area contributed by atoms with Crippen LogP contribution >= 0.6 is 0 Å². The summed E-state index contributed by atoms with van der Waals surface area (Å²) < 4.78 is 30.1. The molecule has 1 amide bonds. The van der Waals surface area contributed by atoms with Crippen LogP contribution in [0.5, 0.6) is 5.75 Å². The van der Waals surface area contributed by atoms with Gasteiger partial charge >= 0.3 is 6.09 Å². The van der Waals surface area contributed by atoms with Crippen LogP contribution in [0.2, 0.25) is 13.1 Å². The Labute approximate surface area is 259 Å². The van der Waals surface area contributed by atoms with E-state index in [0.29, 0.717) is 19.1 Å². The molecular formula is C34H52N2O6Si. The number of likely N-dealkylation sites (tertiary alicyclic amines) is 1. The molecule has 238 valence electrons. The summed E-state index contributed by atoms with van der Waals surface area (Å²) in [6, 6.07) is 4.16. The van der Waals surface area contributed by atoms with Crippen LogP contribution in [0, 0.1) is 28.6 Å². The van der Waals surface area contributed by atoms with Crippen LogP contribution in [-0.4, -0.2) is 64.2 Å². The van der Waals surface area contributed by atoms with Crippen LogP contribution in [0.1, 0.15) is 91.0 Å². The summed E-state index contributed by atoms with van der Waals surface area (Å²) in [5.41, 5.74) is 1.93. The van der Waals surface area contributed by atoms with Crippen LogP contribution in [0.25, 0.3) is 11.0 Å². The first-order chi connectivity index (χ1) is 20.2. The van der Waals surface area contributed by atoms with E-state index in [1.165, 1.54) is 0 Å². The van der Waals surface area contributed by atoms with Gasteiger partial charge in [-0.25, -0.2) is 4.79 Å². The minimum absolute atomic E-state index is 0.110. The summed E-state index contributed by atoms with van der Waals surface area (Å²) in [5.74, 6) is 7.82. The van der Waals surface area contributed by atoms with Gasteiger partial charge in [-0.3, -0.25) is 0 Å². The van der Waals surface area contributed by atoms with Gasteiger partial charge in [-0.05, 0) is 95.9 Å². The van der Waals surface area contributed by atoms with Gasteiger partial charge < -0.3 is 28.1 Å². The van der Waals surface area contributed by atoms with Crippen LogP contribution in [-0.2, 0) is 20.3 Å². The molecule has 9 heteroatoms. The van der Waals surface area contributed by atoms with Crippen molar-refractivity contribution in [3.63, 3.8) is 0 Å². The van der Waals surface area contributed by atoms with Gasteiger partial charge in [0.15, 0.2) is 14.6 Å². The molecule has 1 saturated carbocycles. The number of ether oxygens (including phenoxy) is 3. The molecule has 43 heavy (non-hydrogen) atoms. The van der Waals surface area contributed by atoms with Gasteiger partial charge in [0.05, 0.1) is 22.8 Å². The number of rotatable bonds is 10. The maximum absolute atomic E-state index is 12.5. The highest BCUT2D eigenvalue weighted by Crippen LogP contribution is 2.48. The number of nitrogens with zero attached hydrogens (tertiary/aromatic N) is 2. The van der Waals surface area contributed by atoms with Crippen molar-refractivity contribution in [3.05, 3.63) is 23.4 Å². The number of amides is 1. The number of fused-ring (bicyclic) bond motifs is 1. The lowest BCUT2D eigenvalue weighted by atomic mass is 9.83. The van der Waals surface area contributed by atoms with Gasteiger partial charge in [-0.2, -0.15) is 0 Å². The number of hydrogen-bond donors (Lipinski definition) is 0. The van der Waals surface area contributed by atoms with Crippen LogP contribution in [0.15, 0.2) is 16.7 Å². The smallest absolute Gasteiger partial charge is 0.410 e. The zero-order chi connectivity index (χ0) is 31.4. The van der Waals surface area contributed by atoms with E-state index < -0.39 is 14.6 Å². The van der Waals surface area contributed by atoms with Gasteiger partial charge in [0.2, 0.25) is 0 Å². The second kappa shape index (κ2) is 13.6. The molecule has 1 unspecified atom stereocenters. The monoisotopic (exact) mass is 612 g/mol. The first-order valence-corrected chi connectivity index (χ1v) is 18.7. The zero-order valence-electron chi connectivity index (χ0n) is 27.8. The third-order valence-corrected chi connectivity index (χ3v) is 8.97. The fourth-order valence-corrected chi connectivity index (χ4v) is 6.72. The van der Waals surface area contributed by atoms with Gasteiger partial charge in [0.1, 0.15) is 24.6 Å². The van der Waals surface area contributed by atoms with E-state index in [1.807, 2.05) is 25.7 Å². The Bertz CT molecular complexity index is 1300. The van der Waals surface area contributed by atoms with Crippen molar-refractivity contribution < 1.29 is 28.0 Å². The van der Waals surface area contributed by atoms with Crippen molar-refractivity contribution in [2.75, 3.05) is 33.4 Å². The van der Waals surface area contributed by atoms with Gasteiger partial charge in [0, 0.05) is 25.6 Å². The van der Waals surface area contributed by atoms with Gasteiger partial charge in [0.25, 0.3) is 0 Å². The molecule has 0 bridgehead atoms. The van der Waals surface area contributed by atoms with E-state index >= 15 is 0 Å². The number of piperidine rings is 1. The van der Waals surface area contributed by atoms with Crippen LogP contribution in [0.4, 0.5) is 4.79 Å². The first-order valence-electron chi connectivity index (χ1n) is 15.9. The number of aromatic nitrogens is 1. The average molecular weight is 613 g/mol. The molecule has 0 radical (unpaired) electrons. The van der Waals surface area contributed by atoms with Crippen LogP contribution in [0.3, 0.4) is 0 Å². The van der Waals surface area contributed by atoms with Crippen LogP contribution < -0.4 is 4.74 Å². The quantitative estimate of drug-likeness (QED) is 0.206. The second-order valence-corrected chi connectivity index (χ2v) is 17.0. The predicted octanol–water partition coefficient (Wildman–Crippen LogP) is 7.30. The Hall–Kier alpha value is -2.54. The van der Waals surface area contributed by atoms with Crippen molar-refractivity contribution >= 4 is 26.1 Å². The molecule has 1 saturated heterocycles. The van der Waals surface area contributed by atoms with Gasteiger partial charge in [-0.15, -0.1) is 0 Å². The molecule has 0 N–H and O–H groups in total. The molecule has 2 aliphatic rings. The highest BCUT2D eigenvalue weighted by atomic mass is 28.3. The minimum Gasteiger partial charge on any atom is -0.491 e. The SMILES string of the molecule is COCC#CC1(COc2ccc3c(CCC4CCN(C(=O)OC(C)(C)C)CC4)noc3c2C(O[SiH](C)C)C(C)(C)C)CC1. The zero-order valence-corrected chi connectivity index (χ0v) is 29.0. The summed E-state index contributed by atoms with van der Waals surface area (Å²) >= 11 is 0. The number of carbonyl (C=O) groups excluding carboxylic acids is 1. The Balaban J connectivity index is 1.52. The summed E-state index contributed by atoms with van der Waals surface area (Å²) in [6.45, 7) is 19.1. The fourth-order valence-electron chi connectivity index (χ4n) is 5.63. The lowest BCUT2D eigenvalue weighted by Crippen LogP contribution is -2.41. The maximum atomic E-state index is 12.5. The number of carbonyl (C=O) groups is 1. The summed E-state index contributed by atoms with van der Waals surface area (Å²) in [6.07, 6.45) is 5.41. The Morgan fingerprint density at radius 1 is 1.16 bits per heavy atom. The van der Waals surface area contributed by atoms with Crippen molar-refractivity contribution in [3.8, 4) is 17.6 Å². The Kier molecular flexibility index (Phi) is 10.6. The summed E-state index contributed by atoms with van der Waals surface area (Å²) in [7, 11) is 0.263. The molecule has 8 nitrogen and oxygen atoms in total. The topological polar surface area (TPSA) is 83.3 Å². The maximum Gasteiger partial charge on any atom is 0.410 e. The molecule has 1 aromatic heterocycles. The molecule has 1 aliphatic heterocycles.